The zero-order valence-electron chi connectivity index (χ0n) is 17.8. The molecule has 1 saturated heterocycles. The van der Waals surface area contributed by atoms with E-state index < -0.39 is 35.0 Å². The normalized spacial score (nSPS) is 15.6. The maximum absolute atomic E-state index is 13.4. The number of alkyl halides is 6. The Morgan fingerprint density at radius 2 is 1.74 bits per heavy atom. The number of anilines is 1. The van der Waals surface area contributed by atoms with E-state index in [1.165, 1.54) is 6.07 Å². The zero-order chi connectivity index (χ0) is 24.5. The van der Waals surface area contributed by atoms with Crippen LogP contribution in [0.1, 0.15) is 27.0 Å². The molecule has 0 spiro atoms. The second-order valence-electron chi connectivity index (χ2n) is 7.99. The van der Waals surface area contributed by atoms with Crippen LogP contribution in [0.25, 0.3) is 10.9 Å². The van der Waals surface area contributed by atoms with E-state index in [4.69, 9.17) is 4.74 Å². The summed E-state index contributed by atoms with van der Waals surface area (Å²) < 4.78 is 84.2. The second kappa shape index (κ2) is 9.30. The van der Waals surface area contributed by atoms with Crippen LogP contribution in [-0.4, -0.2) is 48.6 Å². The van der Waals surface area contributed by atoms with Crippen LogP contribution in [0.3, 0.4) is 0 Å². The van der Waals surface area contributed by atoms with Crippen molar-refractivity contribution in [2.45, 2.75) is 18.8 Å². The lowest BCUT2D eigenvalue weighted by atomic mass is 10.0. The molecule has 3 aromatic rings. The molecule has 5 nitrogen and oxygen atoms in total. The number of morpholine rings is 1. The second-order valence-corrected chi connectivity index (χ2v) is 7.99. The predicted molar refractivity (Wildman–Crippen MR) is 114 cm³/mol. The lowest BCUT2D eigenvalue weighted by Gasteiger charge is -2.26. The van der Waals surface area contributed by atoms with Crippen LogP contribution in [-0.2, 0) is 23.5 Å². The topological polar surface area (TPSA) is 57.4 Å². The maximum atomic E-state index is 13.4. The first kappa shape index (κ1) is 24.1. The lowest BCUT2D eigenvalue weighted by molar-refractivity contribution is -0.143. The Labute approximate surface area is 190 Å². The average molecular weight is 485 g/mol. The van der Waals surface area contributed by atoms with E-state index in [1.54, 1.807) is 12.1 Å². The van der Waals surface area contributed by atoms with Gasteiger partial charge in [-0.05, 0) is 48.4 Å². The molecule has 0 bridgehead atoms. The van der Waals surface area contributed by atoms with E-state index in [1.807, 2.05) is 6.20 Å². The molecule has 4 rings (SSSR count). The fourth-order valence-corrected chi connectivity index (χ4v) is 3.92. The van der Waals surface area contributed by atoms with Crippen molar-refractivity contribution in [3.63, 3.8) is 0 Å². The zero-order valence-corrected chi connectivity index (χ0v) is 17.8. The Morgan fingerprint density at radius 1 is 1.00 bits per heavy atom. The van der Waals surface area contributed by atoms with Crippen LogP contribution >= 0.6 is 0 Å². The van der Waals surface area contributed by atoms with Gasteiger partial charge >= 0.3 is 12.4 Å². The van der Waals surface area contributed by atoms with Crippen molar-refractivity contribution in [3.8, 4) is 0 Å². The van der Waals surface area contributed by atoms with Crippen LogP contribution in [0.2, 0.25) is 0 Å². The minimum atomic E-state index is -5.13. The number of nitrogens with one attached hydrogen (secondary N) is 2. The highest BCUT2D eigenvalue weighted by atomic mass is 19.4. The Morgan fingerprint density at radius 3 is 2.41 bits per heavy atom. The number of hydrogen-bond donors (Lipinski definition) is 2. The van der Waals surface area contributed by atoms with Gasteiger partial charge in [0.15, 0.2) is 0 Å². The Kier molecular flexibility index (Phi) is 6.59. The highest BCUT2D eigenvalue weighted by molar-refractivity contribution is 6.06. The number of benzene rings is 2. The molecule has 11 heteroatoms. The van der Waals surface area contributed by atoms with Gasteiger partial charge in [0.25, 0.3) is 5.91 Å². The quantitative estimate of drug-likeness (QED) is 0.481. The molecule has 0 saturated carbocycles. The lowest BCUT2D eigenvalue weighted by Crippen LogP contribution is -2.37. The highest BCUT2D eigenvalue weighted by Gasteiger charge is 2.39. The number of rotatable bonds is 5. The van der Waals surface area contributed by atoms with E-state index in [9.17, 15) is 31.1 Å². The summed E-state index contributed by atoms with van der Waals surface area (Å²) in [5, 5.41) is 3.18. The van der Waals surface area contributed by atoms with Gasteiger partial charge in [0.2, 0.25) is 0 Å². The van der Waals surface area contributed by atoms with Crippen LogP contribution in [0.15, 0.2) is 42.6 Å². The molecule has 1 aromatic heterocycles. The van der Waals surface area contributed by atoms with Crippen LogP contribution in [0.4, 0.5) is 32.0 Å². The molecule has 2 heterocycles. The standard InChI is InChI=1S/C23H21F6N3O2/c24-22(25,26)15-1-3-17(19(11-15)23(27,28)29)21(33)31-16-2-4-20-18(12-16)14(13-30-20)5-6-32-7-9-34-10-8-32/h1-4,11-13,30H,5-10H2,(H,31,33). The van der Waals surface area contributed by atoms with Gasteiger partial charge in [-0.2, -0.15) is 26.3 Å². The van der Waals surface area contributed by atoms with Crippen LogP contribution in [0.5, 0.6) is 0 Å². The summed E-state index contributed by atoms with van der Waals surface area (Å²) >= 11 is 0. The average Bonchev–Trinajstić information content (AvgIpc) is 3.19. The third-order valence-corrected chi connectivity index (χ3v) is 5.72. The molecule has 1 fully saturated rings. The summed E-state index contributed by atoms with van der Waals surface area (Å²) in [5.41, 5.74) is -2.01. The number of aromatic amines is 1. The number of amides is 1. The van der Waals surface area contributed by atoms with E-state index in [0.29, 0.717) is 31.8 Å². The van der Waals surface area contributed by atoms with Crippen molar-refractivity contribution >= 4 is 22.5 Å². The van der Waals surface area contributed by atoms with Gasteiger partial charge in [0.1, 0.15) is 0 Å². The summed E-state index contributed by atoms with van der Waals surface area (Å²) in [4.78, 5) is 18.0. The first-order valence-corrected chi connectivity index (χ1v) is 10.5. The molecule has 1 aliphatic rings. The van der Waals surface area contributed by atoms with Gasteiger partial charge in [-0.1, -0.05) is 0 Å². The molecule has 0 unspecified atom stereocenters. The summed E-state index contributed by atoms with van der Waals surface area (Å²) in [6.07, 6.45) is -7.54. The van der Waals surface area contributed by atoms with Crippen molar-refractivity contribution in [2.75, 3.05) is 38.2 Å². The van der Waals surface area contributed by atoms with Crippen molar-refractivity contribution in [1.29, 1.82) is 0 Å². The fourth-order valence-electron chi connectivity index (χ4n) is 3.92. The van der Waals surface area contributed by atoms with E-state index in [2.05, 4.69) is 15.2 Å². The monoisotopic (exact) mass is 485 g/mol. The fraction of sp³-hybridized carbons (Fsp3) is 0.348. The van der Waals surface area contributed by atoms with Crippen molar-refractivity contribution in [3.05, 3.63) is 64.8 Å². The van der Waals surface area contributed by atoms with Gasteiger partial charge in [0, 0.05) is 42.4 Å². The molecule has 34 heavy (non-hydrogen) atoms. The van der Waals surface area contributed by atoms with Crippen molar-refractivity contribution < 1.29 is 35.9 Å². The number of fused-ring (bicyclic) bond motifs is 1. The Bertz CT molecular complexity index is 1180. The number of hydrogen-bond acceptors (Lipinski definition) is 3. The summed E-state index contributed by atoms with van der Waals surface area (Å²) in [6, 6.07) is 5.79. The number of H-pyrrole nitrogens is 1. The van der Waals surface area contributed by atoms with E-state index in [-0.39, 0.29) is 11.8 Å². The largest absolute Gasteiger partial charge is 0.417 e. The van der Waals surface area contributed by atoms with Gasteiger partial charge < -0.3 is 15.0 Å². The highest BCUT2D eigenvalue weighted by Crippen LogP contribution is 2.37. The minimum absolute atomic E-state index is 0.0476. The number of halogens is 6. The Balaban J connectivity index is 1.56. The molecular formula is C23H21F6N3O2. The van der Waals surface area contributed by atoms with Gasteiger partial charge in [0.05, 0.1) is 29.9 Å². The third kappa shape index (κ3) is 5.36. The SMILES string of the molecule is O=C(Nc1ccc2[nH]cc(CCN3CCOCC3)c2c1)c1ccc(C(F)(F)F)cc1C(F)(F)F. The van der Waals surface area contributed by atoms with E-state index in [0.717, 1.165) is 36.1 Å². The number of aromatic nitrogens is 1. The van der Waals surface area contributed by atoms with Crippen molar-refractivity contribution in [1.82, 2.24) is 9.88 Å². The van der Waals surface area contributed by atoms with Crippen molar-refractivity contribution in [2.24, 2.45) is 0 Å². The summed E-state index contributed by atoms with van der Waals surface area (Å²) in [5.74, 6) is -1.15. The molecule has 182 valence electrons. The van der Waals surface area contributed by atoms with Crippen LogP contribution in [0, 0.1) is 0 Å². The first-order chi connectivity index (χ1) is 16.0. The molecule has 1 aliphatic heterocycles. The molecule has 0 aliphatic carbocycles. The summed E-state index contributed by atoms with van der Waals surface area (Å²) in [6.45, 7) is 3.81. The molecule has 0 radical (unpaired) electrons. The van der Waals surface area contributed by atoms with Gasteiger partial charge in [-0.25, -0.2) is 0 Å². The summed E-state index contributed by atoms with van der Waals surface area (Å²) in [7, 11) is 0. The predicted octanol–water partition coefficient (Wildman–Crippen LogP) is 5.33. The third-order valence-electron chi connectivity index (χ3n) is 5.72. The van der Waals surface area contributed by atoms with E-state index >= 15 is 0 Å². The van der Waals surface area contributed by atoms with Gasteiger partial charge in [-0.15, -0.1) is 0 Å². The van der Waals surface area contributed by atoms with Crippen LogP contribution < -0.4 is 5.32 Å². The molecule has 1 amide bonds. The van der Waals surface area contributed by atoms with Gasteiger partial charge in [-0.3, -0.25) is 9.69 Å². The number of carbonyl (C=O) groups is 1. The minimum Gasteiger partial charge on any atom is -0.379 e. The number of ether oxygens (including phenoxy) is 1. The Hall–Kier alpha value is -3.05. The number of carbonyl (C=O) groups excluding carboxylic acids is 1. The number of nitrogens with zero attached hydrogens (tertiary/aromatic N) is 1. The smallest absolute Gasteiger partial charge is 0.379 e. The molecule has 0 atom stereocenters. The molecule has 2 N–H and O–H groups in total. The molecular weight excluding hydrogens is 464 g/mol. The maximum Gasteiger partial charge on any atom is 0.417 e. The molecule has 2 aromatic carbocycles. The first-order valence-electron chi connectivity index (χ1n) is 10.5.